The zero-order valence-electron chi connectivity index (χ0n) is 7.38. The molecule has 0 heterocycles. The van der Waals surface area contributed by atoms with Crippen molar-refractivity contribution in [2.45, 2.75) is 0 Å². The highest BCUT2D eigenvalue weighted by Gasteiger charge is 1.99. The zero-order valence-corrected chi connectivity index (χ0v) is 8.14. The van der Waals surface area contributed by atoms with E-state index in [9.17, 15) is 4.79 Å². The van der Waals surface area contributed by atoms with Crippen LogP contribution < -0.4 is 10.6 Å². The summed E-state index contributed by atoms with van der Waals surface area (Å²) in [5.41, 5.74) is 0.632. The van der Waals surface area contributed by atoms with Crippen LogP contribution in [0, 0.1) is 12.3 Å². The number of benzene rings is 1. The van der Waals surface area contributed by atoms with Crippen LogP contribution in [0.1, 0.15) is 0 Å². The second kappa shape index (κ2) is 5.15. The molecule has 3 nitrogen and oxygen atoms in total. The molecule has 0 aliphatic carbocycles. The van der Waals surface area contributed by atoms with E-state index < -0.39 is 0 Å². The Hall–Kier alpha value is -1.66. The molecule has 0 fully saturated rings. The van der Waals surface area contributed by atoms with Crippen LogP contribution in [-0.4, -0.2) is 12.6 Å². The molecule has 1 rings (SSSR count). The summed E-state index contributed by atoms with van der Waals surface area (Å²) in [4.78, 5) is 11.1. The molecule has 0 aromatic heterocycles. The summed E-state index contributed by atoms with van der Waals surface area (Å²) in [7, 11) is 0. The topological polar surface area (TPSA) is 41.1 Å². The van der Waals surface area contributed by atoms with E-state index in [1.165, 1.54) is 0 Å². The number of halogens is 1. The lowest BCUT2D eigenvalue weighted by atomic mass is 10.3. The fraction of sp³-hybridized carbons (Fsp3) is 0.100. The van der Waals surface area contributed by atoms with Gasteiger partial charge in [-0.25, -0.2) is 4.79 Å². The first-order chi connectivity index (χ1) is 6.72. The Morgan fingerprint density at radius 1 is 1.57 bits per heavy atom. The van der Waals surface area contributed by atoms with Crippen molar-refractivity contribution in [1.82, 2.24) is 5.32 Å². The average Bonchev–Trinajstić information content (AvgIpc) is 2.15. The third-order valence-electron chi connectivity index (χ3n) is 1.43. The van der Waals surface area contributed by atoms with Gasteiger partial charge in [0.2, 0.25) is 0 Å². The number of carbonyl (C=O) groups excluding carboxylic acids is 1. The maximum atomic E-state index is 11.1. The standard InChI is InChI=1S/C10H9ClN2O/c1-2-6-12-10(14)13-9-5-3-4-8(11)7-9/h1,3-5,7H,6H2,(H2,12,13,14). The van der Waals surface area contributed by atoms with Gasteiger partial charge in [-0.15, -0.1) is 6.42 Å². The van der Waals surface area contributed by atoms with Gasteiger partial charge in [0.15, 0.2) is 0 Å². The van der Waals surface area contributed by atoms with Crippen molar-refractivity contribution >= 4 is 23.3 Å². The summed E-state index contributed by atoms with van der Waals surface area (Å²) in [6, 6.07) is 6.52. The van der Waals surface area contributed by atoms with Crippen molar-refractivity contribution in [2.75, 3.05) is 11.9 Å². The first-order valence-electron chi connectivity index (χ1n) is 3.96. The number of nitrogens with one attached hydrogen (secondary N) is 2. The van der Waals surface area contributed by atoms with Crippen LogP contribution in [0.4, 0.5) is 10.5 Å². The number of hydrogen-bond donors (Lipinski definition) is 2. The highest BCUT2D eigenvalue weighted by atomic mass is 35.5. The van der Waals surface area contributed by atoms with E-state index in [0.29, 0.717) is 10.7 Å². The minimum Gasteiger partial charge on any atom is -0.327 e. The highest BCUT2D eigenvalue weighted by molar-refractivity contribution is 6.30. The van der Waals surface area contributed by atoms with Gasteiger partial charge in [-0.1, -0.05) is 23.6 Å². The largest absolute Gasteiger partial charge is 0.327 e. The molecule has 0 bridgehead atoms. The molecule has 0 aliphatic rings. The van der Waals surface area contributed by atoms with Crippen molar-refractivity contribution in [3.63, 3.8) is 0 Å². The Kier molecular flexibility index (Phi) is 3.84. The predicted molar refractivity (Wildman–Crippen MR) is 57.3 cm³/mol. The third-order valence-corrected chi connectivity index (χ3v) is 1.67. The van der Waals surface area contributed by atoms with Crippen LogP contribution in [0.3, 0.4) is 0 Å². The van der Waals surface area contributed by atoms with Crippen LogP contribution in [0.25, 0.3) is 0 Å². The lowest BCUT2D eigenvalue weighted by Gasteiger charge is -2.04. The van der Waals surface area contributed by atoms with E-state index in [1.807, 2.05) is 0 Å². The smallest absolute Gasteiger partial charge is 0.319 e. The zero-order chi connectivity index (χ0) is 10.4. The predicted octanol–water partition coefficient (Wildman–Crippen LogP) is 2.09. The molecule has 0 saturated heterocycles. The molecular formula is C10H9ClN2O. The van der Waals surface area contributed by atoms with Gasteiger partial charge in [0.05, 0.1) is 6.54 Å². The number of rotatable bonds is 2. The number of hydrogen-bond acceptors (Lipinski definition) is 1. The monoisotopic (exact) mass is 208 g/mol. The molecular weight excluding hydrogens is 200 g/mol. The van der Waals surface area contributed by atoms with Crippen LogP contribution in [0.2, 0.25) is 5.02 Å². The molecule has 0 spiro atoms. The van der Waals surface area contributed by atoms with Crippen LogP contribution in [0.15, 0.2) is 24.3 Å². The fourth-order valence-electron chi connectivity index (χ4n) is 0.873. The third kappa shape index (κ3) is 3.38. The van der Waals surface area contributed by atoms with Crippen molar-refractivity contribution in [1.29, 1.82) is 0 Å². The Morgan fingerprint density at radius 3 is 3.00 bits per heavy atom. The van der Waals surface area contributed by atoms with E-state index in [0.717, 1.165) is 0 Å². The van der Waals surface area contributed by atoms with Gasteiger partial charge in [0.1, 0.15) is 0 Å². The number of carbonyl (C=O) groups is 1. The Balaban J connectivity index is 2.53. The van der Waals surface area contributed by atoms with Gasteiger partial charge in [0, 0.05) is 10.7 Å². The molecule has 2 N–H and O–H groups in total. The van der Waals surface area contributed by atoms with E-state index in [1.54, 1.807) is 24.3 Å². The number of amides is 2. The van der Waals surface area contributed by atoms with Crippen molar-refractivity contribution < 1.29 is 4.79 Å². The molecule has 0 radical (unpaired) electrons. The lowest BCUT2D eigenvalue weighted by Crippen LogP contribution is -2.28. The minimum absolute atomic E-state index is 0.201. The van der Waals surface area contributed by atoms with Gasteiger partial charge in [-0.2, -0.15) is 0 Å². The Labute approximate surface area is 87.5 Å². The van der Waals surface area contributed by atoms with Crippen molar-refractivity contribution in [2.24, 2.45) is 0 Å². The molecule has 0 saturated carbocycles. The van der Waals surface area contributed by atoms with E-state index in [-0.39, 0.29) is 12.6 Å². The molecule has 0 aliphatic heterocycles. The van der Waals surface area contributed by atoms with Crippen LogP contribution in [-0.2, 0) is 0 Å². The molecule has 2 amide bonds. The summed E-state index contributed by atoms with van der Waals surface area (Å²) in [5.74, 6) is 2.30. The molecule has 4 heteroatoms. The van der Waals surface area contributed by atoms with Crippen LogP contribution in [0.5, 0.6) is 0 Å². The maximum absolute atomic E-state index is 11.1. The summed E-state index contributed by atoms with van der Waals surface area (Å²) in [5, 5.41) is 5.63. The van der Waals surface area contributed by atoms with E-state index in [4.69, 9.17) is 18.0 Å². The Bertz CT molecular complexity index is 371. The molecule has 0 atom stereocenters. The number of urea groups is 1. The van der Waals surface area contributed by atoms with Gasteiger partial charge >= 0.3 is 6.03 Å². The fourth-order valence-corrected chi connectivity index (χ4v) is 1.06. The maximum Gasteiger partial charge on any atom is 0.319 e. The number of terminal acetylenes is 1. The van der Waals surface area contributed by atoms with E-state index >= 15 is 0 Å². The molecule has 72 valence electrons. The summed E-state index contributed by atoms with van der Waals surface area (Å²) < 4.78 is 0. The first-order valence-corrected chi connectivity index (χ1v) is 4.34. The van der Waals surface area contributed by atoms with Crippen molar-refractivity contribution in [3.8, 4) is 12.3 Å². The minimum atomic E-state index is -0.342. The number of anilines is 1. The average molecular weight is 209 g/mol. The summed E-state index contributed by atoms with van der Waals surface area (Å²) >= 11 is 5.73. The first kappa shape index (κ1) is 10.4. The second-order valence-corrected chi connectivity index (χ2v) is 2.96. The van der Waals surface area contributed by atoms with E-state index in [2.05, 4.69) is 16.6 Å². The molecule has 14 heavy (non-hydrogen) atoms. The van der Waals surface area contributed by atoms with Crippen LogP contribution >= 0.6 is 11.6 Å². The SMILES string of the molecule is C#CCNC(=O)Nc1cccc(Cl)c1. The second-order valence-electron chi connectivity index (χ2n) is 2.52. The van der Waals surface area contributed by atoms with Gasteiger partial charge in [-0.05, 0) is 18.2 Å². The van der Waals surface area contributed by atoms with Gasteiger partial charge < -0.3 is 10.6 Å². The summed E-state index contributed by atoms with van der Waals surface area (Å²) in [6.45, 7) is 0.201. The Morgan fingerprint density at radius 2 is 2.36 bits per heavy atom. The quantitative estimate of drug-likeness (QED) is 0.718. The highest BCUT2D eigenvalue weighted by Crippen LogP contribution is 2.14. The molecule has 1 aromatic carbocycles. The lowest BCUT2D eigenvalue weighted by molar-refractivity contribution is 0.253. The van der Waals surface area contributed by atoms with Gasteiger partial charge in [-0.3, -0.25) is 0 Å². The molecule has 0 unspecified atom stereocenters. The summed E-state index contributed by atoms with van der Waals surface area (Å²) in [6.07, 6.45) is 4.98. The molecule has 1 aromatic rings. The van der Waals surface area contributed by atoms with Crippen molar-refractivity contribution in [3.05, 3.63) is 29.3 Å². The normalized spacial score (nSPS) is 8.86. The van der Waals surface area contributed by atoms with Gasteiger partial charge in [0.25, 0.3) is 0 Å².